The Morgan fingerprint density at radius 3 is 1.07 bits per heavy atom. The van der Waals surface area contributed by atoms with E-state index in [9.17, 15) is 14.4 Å². The lowest BCUT2D eigenvalue weighted by Gasteiger charge is -2.18. The van der Waals surface area contributed by atoms with Crippen molar-refractivity contribution < 1.29 is 28.6 Å². The molecular weight excluding hydrogens is 757 g/mol. The first-order valence-electron chi connectivity index (χ1n) is 25.4. The van der Waals surface area contributed by atoms with Crippen LogP contribution in [0.3, 0.4) is 0 Å². The van der Waals surface area contributed by atoms with E-state index < -0.39 is 6.10 Å². The summed E-state index contributed by atoms with van der Waals surface area (Å²) in [6, 6.07) is 0. The molecule has 0 amide bonds. The largest absolute Gasteiger partial charge is 0.462 e. The maximum absolute atomic E-state index is 12.8. The molecule has 6 nitrogen and oxygen atoms in total. The second-order valence-corrected chi connectivity index (χ2v) is 16.7. The summed E-state index contributed by atoms with van der Waals surface area (Å²) < 4.78 is 16.7. The van der Waals surface area contributed by atoms with Crippen molar-refractivity contribution >= 4 is 17.9 Å². The van der Waals surface area contributed by atoms with E-state index in [0.717, 1.165) is 89.9 Å². The highest BCUT2D eigenvalue weighted by Gasteiger charge is 2.19. The minimum absolute atomic E-state index is 0.0935. The summed E-state index contributed by atoms with van der Waals surface area (Å²) in [4.78, 5) is 37.9. The Morgan fingerprint density at radius 2 is 0.639 bits per heavy atom. The van der Waals surface area contributed by atoms with Crippen molar-refractivity contribution in [2.45, 2.75) is 245 Å². The third-order valence-electron chi connectivity index (χ3n) is 10.7. The molecule has 1 atom stereocenters. The second-order valence-electron chi connectivity index (χ2n) is 16.7. The van der Waals surface area contributed by atoms with Gasteiger partial charge in [0.25, 0.3) is 0 Å². The zero-order valence-electron chi connectivity index (χ0n) is 39.9. The van der Waals surface area contributed by atoms with Crippen molar-refractivity contribution in [3.63, 3.8) is 0 Å². The molecule has 0 fully saturated rings. The summed E-state index contributed by atoms with van der Waals surface area (Å²) in [5.74, 6) is -0.943. The molecule has 0 bridgehead atoms. The van der Waals surface area contributed by atoms with E-state index in [1.165, 1.54) is 103 Å². The van der Waals surface area contributed by atoms with Gasteiger partial charge >= 0.3 is 17.9 Å². The minimum Gasteiger partial charge on any atom is -0.462 e. The number of hydrogen-bond donors (Lipinski definition) is 0. The van der Waals surface area contributed by atoms with Gasteiger partial charge in [-0.3, -0.25) is 14.4 Å². The number of carbonyl (C=O) groups excluding carboxylic acids is 3. The molecule has 0 rings (SSSR count). The van der Waals surface area contributed by atoms with E-state index in [2.05, 4.69) is 93.7 Å². The van der Waals surface area contributed by atoms with E-state index in [0.29, 0.717) is 19.3 Å². The highest BCUT2D eigenvalue weighted by molar-refractivity contribution is 5.71. The SMILES string of the molecule is CC/C=C\C/C=C\C/C=C\C/C=C\CCCCC(=O)O[C@H](COC(=O)CCCCCCCCC/C=C\C/C=C\CCCCC)COC(=O)CCCCCCCCCCCCC. The van der Waals surface area contributed by atoms with Gasteiger partial charge in [-0.1, -0.05) is 203 Å². The Kier molecular flexibility index (Phi) is 46.9. The van der Waals surface area contributed by atoms with Crippen molar-refractivity contribution in [3.8, 4) is 0 Å². The lowest BCUT2D eigenvalue weighted by Crippen LogP contribution is -2.30. The lowest BCUT2D eigenvalue weighted by molar-refractivity contribution is -0.167. The third-order valence-corrected chi connectivity index (χ3v) is 10.7. The predicted octanol–water partition coefficient (Wildman–Crippen LogP) is 16.6. The van der Waals surface area contributed by atoms with Gasteiger partial charge in [-0.25, -0.2) is 0 Å². The molecule has 0 aromatic heterocycles. The molecule has 0 aliphatic rings. The Balaban J connectivity index is 4.44. The van der Waals surface area contributed by atoms with Crippen LogP contribution in [0.25, 0.3) is 0 Å². The van der Waals surface area contributed by atoms with Crippen LogP contribution in [0, 0.1) is 0 Å². The number of carbonyl (C=O) groups is 3. The van der Waals surface area contributed by atoms with Gasteiger partial charge in [0.05, 0.1) is 0 Å². The van der Waals surface area contributed by atoms with Gasteiger partial charge < -0.3 is 14.2 Å². The normalized spacial score (nSPS) is 12.6. The number of ether oxygens (including phenoxy) is 3. The quantitative estimate of drug-likeness (QED) is 0.0263. The smallest absolute Gasteiger partial charge is 0.306 e. The maximum atomic E-state index is 12.8. The Labute approximate surface area is 376 Å². The number of rotatable bonds is 45. The highest BCUT2D eigenvalue weighted by Crippen LogP contribution is 2.14. The van der Waals surface area contributed by atoms with Crippen LogP contribution < -0.4 is 0 Å². The molecule has 0 aromatic rings. The van der Waals surface area contributed by atoms with Crippen molar-refractivity contribution in [1.82, 2.24) is 0 Å². The molecule has 350 valence electrons. The number of unbranched alkanes of at least 4 members (excludes halogenated alkanes) is 22. The molecule has 61 heavy (non-hydrogen) atoms. The summed E-state index contributed by atoms with van der Waals surface area (Å²) in [5.41, 5.74) is 0. The van der Waals surface area contributed by atoms with Crippen LogP contribution in [0.4, 0.5) is 0 Å². The summed E-state index contributed by atoms with van der Waals surface area (Å²) in [5, 5.41) is 0. The molecule has 0 radical (unpaired) electrons. The fourth-order valence-electron chi connectivity index (χ4n) is 6.87. The molecule has 0 saturated carbocycles. The summed E-state index contributed by atoms with van der Waals surface area (Å²) in [7, 11) is 0. The molecular formula is C55H94O6. The van der Waals surface area contributed by atoms with E-state index in [4.69, 9.17) is 14.2 Å². The Morgan fingerprint density at radius 1 is 0.344 bits per heavy atom. The molecule has 0 aromatic carbocycles. The van der Waals surface area contributed by atoms with Gasteiger partial charge in [-0.05, 0) is 89.9 Å². The van der Waals surface area contributed by atoms with E-state index in [1.807, 2.05) is 0 Å². The van der Waals surface area contributed by atoms with Crippen molar-refractivity contribution in [1.29, 1.82) is 0 Å². The topological polar surface area (TPSA) is 78.9 Å². The maximum Gasteiger partial charge on any atom is 0.306 e. The van der Waals surface area contributed by atoms with Crippen LogP contribution in [0.15, 0.2) is 72.9 Å². The van der Waals surface area contributed by atoms with E-state index >= 15 is 0 Å². The fourth-order valence-corrected chi connectivity index (χ4v) is 6.87. The van der Waals surface area contributed by atoms with Gasteiger partial charge in [0.1, 0.15) is 13.2 Å². The molecule has 0 heterocycles. The van der Waals surface area contributed by atoms with Crippen LogP contribution in [-0.2, 0) is 28.6 Å². The standard InChI is InChI=1S/C55H94O6/c1-4-7-10-13-16-19-22-24-26-27-29-30-33-36-39-42-45-48-54(57)60-51-52(50-59-53(56)47-44-41-38-35-32-21-18-15-12-9-6-3)61-55(58)49-46-43-40-37-34-31-28-25-23-20-17-14-11-8-5-2/h8,11,16-17,19-20,24-26,28,34,37,52H,4-7,9-10,12-15,18,21-23,27,29-33,35-36,38-51H2,1-3H3/b11-8-,19-16-,20-17-,26-24-,28-25-,37-34-/t52-/m0/s1. The van der Waals surface area contributed by atoms with E-state index in [1.54, 1.807) is 0 Å². The van der Waals surface area contributed by atoms with Gasteiger partial charge in [0.15, 0.2) is 6.10 Å². The zero-order chi connectivity index (χ0) is 44.4. The second kappa shape index (κ2) is 49.5. The lowest BCUT2D eigenvalue weighted by atomic mass is 10.1. The molecule has 0 N–H and O–H groups in total. The first-order chi connectivity index (χ1) is 30.0. The van der Waals surface area contributed by atoms with Crippen molar-refractivity contribution in [3.05, 3.63) is 72.9 Å². The van der Waals surface area contributed by atoms with Crippen LogP contribution in [-0.4, -0.2) is 37.2 Å². The van der Waals surface area contributed by atoms with Crippen LogP contribution >= 0.6 is 0 Å². The summed E-state index contributed by atoms with van der Waals surface area (Å²) in [6.07, 6.45) is 61.7. The number of esters is 3. The average molecular weight is 851 g/mol. The van der Waals surface area contributed by atoms with Crippen molar-refractivity contribution in [2.75, 3.05) is 13.2 Å². The van der Waals surface area contributed by atoms with Gasteiger partial charge in [0.2, 0.25) is 0 Å². The predicted molar refractivity (Wildman–Crippen MR) is 261 cm³/mol. The van der Waals surface area contributed by atoms with Crippen LogP contribution in [0.1, 0.15) is 239 Å². The average Bonchev–Trinajstić information content (AvgIpc) is 3.26. The molecule has 0 unspecified atom stereocenters. The number of hydrogen-bond acceptors (Lipinski definition) is 6. The van der Waals surface area contributed by atoms with Crippen LogP contribution in [0.5, 0.6) is 0 Å². The van der Waals surface area contributed by atoms with Gasteiger partial charge in [0, 0.05) is 19.3 Å². The van der Waals surface area contributed by atoms with Crippen LogP contribution in [0.2, 0.25) is 0 Å². The highest BCUT2D eigenvalue weighted by atomic mass is 16.6. The molecule has 0 aliphatic heterocycles. The molecule has 6 heteroatoms. The third kappa shape index (κ3) is 47.7. The molecule has 0 aliphatic carbocycles. The summed E-state index contributed by atoms with van der Waals surface area (Å²) >= 11 is 0. The molecule has 0 saturated heterocycles. The minimum atomic E-state index is -0.797. The van der Waals surface area contributed by atoms with E-state index in [-0.39, 0.29) is 37.5 Å². The molecule has 0 spiro atoms. The monoisotopic (exact) mass is 851 g/mol. The Hall–Kier alpha value is -3.15. The van der Waals surface area contributed by atoms with Crippen molar-refractivity contribution in [2.24, 2.45) is 0 Å². The zero-order valence-corrected chi connectivity index (χ0v) is 39.9. The Bertz CT molecular complexity index is 1160. The van der Waals surface area contributed by atoms with Gasteiger partial charge in [-0.15, -0.1) is 0 Å². The number of allylic oxidation sites excluding steroid dienone is 12. The summed E-state index contributed by atoms with van der Waals surface area (Å²) in [6.45, 7) is 6.45. The fraction of sp³-hybridized carbons (Fsp3) is 0.727. The van der Waals surface area contributed by atoms with Gasteiger partial charge in [-0.2, -0.15) is 0 Å². The first-order valence-corrected chi connectivity index (χ1v) is 25.4. The first kappa shape index (κ1) is 57.9.